The zero-order valence-electron chi connectivity index (χ0n) is 16.9. The van der Waals surface area contributed by atoms with Crippen LogP contribution in [0.25, 0.3) is 5.57 Å². The lowest BCUT2D eigenvalue weighted by Gasteiger charge is -2.28. The van der Waals surface area contributed by atoms with Gasteiger partial charge >= 0.3 is 0 Å². The fraction of sp³-hybridized carbons (Fsp3) is 0.545. The monoisotopic (exact) mass is 383 g/mol. The van der Waals surface area contributed by atoms with Gasteiger partial charge in [0.25, 0.3) is 11.8 Å². The number of amides is 2. The van der Waals surface area contributed by atoms with Crippen molar-refractivity contribution < 1.29 is 14.3 Å². The molecule has 0 N–H and O–H groups in total. The van der Waals surface area contributed by atoms with Gasteiger partial charge in [0.05, 0.1) is 18.8 Å². The molecule has 0 bridgehead atoms. The van der Waals surface area contributed by atoms with Crippen molar-refractivity contribution in [2.75, 3.05) is 52.5 Å². The first-order chi connectivity index (χ1) is 13.6. The number of carbonyl (C=O) groups excluding carboxylic acids is 2. The smallest absolute Gasteiger partial charge is 0.277 e. The molecule has 2 amide bonds. The summed E-state index contributed by atoms with van der Waals surface area (Å²) in [6, 6.07) is 6.05. The van der Waals surface area contributed by atoms with E-state index in [4.69, 9.17) is 4.74 Å². The van der Waals surface area contributed by atoms with Crippen LogP contribution < -0.4 is 0 Å². The molecule has 0 unspecified atom stereocenters. The number of aryl methyl sites for hydroxylation is 2. The standard InChI is InChI=1S/C22H29N3O3/c1-16-5-6-18(15-17(16)2)19-20(24-7-3-4-8-24)22(27)25(21(19)26)10-9-23-11-13-28-14-12-23/h5-6,15H,3-4,7-14H2,1-2H3. The van der Waals surface area contributed by atoms with E-state index in [1.807, 2.05) is 25.1 Å². The highest BCUT2D eigenvalue weighted by atomic mass is 16.5. The van der Waals surface area contributed by atoms with Crippen molar-refractivity contribution in [3.63, 3.8) is 0 Å². The molecule has 3 aliphatic heterocycles. The average molecular weight is 383 g/mol. The summed E-state index contributed by atoms with van der Waals surface area (Å²) in [4.78, 5) is 32.4. The summed E-state index contributed by atoms with van der Waals surface area (Å²) in [6.07, 6.45) is 2.14. The van der Waals surface area contributed by atoms with Gasteiger partial charge in [0.2, 0.25) is 0 Å². The number of ether oxygens (including phenoxy) is 1. The Hall–Kier alpha value is -2.18. The Balaban J connectivity index is 1.62. The maximum Gasteiger partial charge on any atom is 0.277 e. The Labute approximate surface area is 166 Å². The number of hydrogen-bond donors (Lipinski definition) is 0. The molecule has 4 rings (SSSR count). The lowest BCUT2D eigenvalue weighted by molar-refractivity contribution is -0.137. The molecule has 0 atom stereocenters. The van der Waals surface area contributed by atoms with Gasteiger partial charge in [0.1, 0.15) is 5.70 Å². The molecule has 1 aromatic carbocycles. The quantitative estimate of drug-likeness (QED) is 0.726. The van der Waals surface area contributed by atoms with Gasteiger partial charge in [-0.3, -0.25) is 19.4 Å². The van der Waals surface area contributed by atoms with Crippen LogP contribution >= 0.6 is 0 Å². The number of rotatable bonds is 5. The maximum atomic E-state index is 13.3. The number of benzene rings is 1. The summed E-state index contributed by atoms with van der Waals surface area (Å²) in [7, 11) is 0. The van der Waals surface area contributed by atoms with E-state index in [-0.39, 0.29) is 11.8 Å². The van der Waals surface area contributed by atoms with E-state index in [9.17, 15) is 9.59 Å². The summed E-state index contributed by atoms with van der Waals surface area (Å²) < 4.78 is 5.39. The maximum absolute atomic E-state index is 13.3. The number of nitrogens with zero attached hydrogens (tertiary/aromatic N) is 3. The molecule has 2 saturated heterocycles. The number of imide groups is 1. The highest BCUT2D eigenvalue weighted by molar-refractivity contribution is 6.35. The second kappa shape index (κ2) is 8.05. The second-order valence-electron chi connectivity index (χ2n) is 7.93. The minimum absolute atomic E-state index is 0.131. The van der Waals surface area contributed by atoms with Gasteiger partial charge in [-0.15, -0.1) is 0 Å². The Bertz CT molecular complexity index is 805. The highest BCUT2D eigenvalue weighted by Crippen LogP contribution is 2.34. The van der Waals surface area contributed by atoms with Crippen molar-refractivity contribution in [3.8, 4) is 0 Å². The number of carbonyl (C=O) groups is 2. The first-order valence-electron chi connectivity index (χ1n) is 10.3. The van der Waals surface area contributed by atoms with Crippen molar-refractivity contribution in [3.05, 3.63) is 40.6 Å². The summed E-state index contributed by atoms with van der Waals surface area (Å²) >= 11 is 0. The van der Waals surface area contributed by atoms with Crippen LogP contribution in [0.3, 0.4) is 0 Å². The summed E-state index contributed by atoms with van der Waals surface area (Å²) in [5.41, 5.74) is 4.37. The summed E-state index contributed by atoms with van der Waals surface area (Å²) in [6.45, 7) is 10.1. The fourth-order valence-corrected chi connectivity index (χ4v) is 4.22. The van der Waals surface area contributed by atoms with Gasteiger partial charge in [0, 0.05) is 39.3 Å². The van der Waals surface area contributed by atoms with Gasteiger partial charge < -0.3 is 9.64 Å². The molecule has 0 saturated carbocycles. The molecule has 28 heavy (non-hydrogen) atoms. The first kappa shape index (κ1) is 19.2. The van der Waals surface area contributed by atoms with Crippen LogP contribution in [0.15, 0.2) is 23.9 Å². The van der Waals surface area contributed by atoms with E-state index >= 15 is 0 Å². The average Bonchev–Trinajstić information content (AvgIpc) is 3.30. The van der Waals surface area contributed by atoms with Crippen LogP contribution in [0.1, 0.15) is 29.5 Å². The summed E-state index contributed by atoms with van der Waals surface area (Å²) in [5, 5.41) is 0. The SMILES string of the molecule is Cc1ccc(C2=C(N3CCCC3)C(=O)N(CCN3CCOCC3)C2=O)cc1C. The number of hydrogen-bond acceptors (Lipinski definition) is 5. The molecule has 0 spiro atoms. The molecular weight excluding hydrogens is 354 g/mol. The van der Waals surface area contributed by atoms with Crippen LogP contribution in [0.4, 0.5) is 0 Å². The lowest BCUT2D eigenvalue weighted by Crippen LogP contribution is -2.44. The summed E-state index contributed by atoms with van der Waals surface area (Å²) in [5.74, 6) is -0.281. The third-order valence-electron chi connectivity index (χ3n) is 6.10. The number of morpholine rings is 1. The third kappa shape index (κ3) is 3.59. The normalized spacial score (nSPS) is 21.4. The van der Waals surface area contributed by atoms with E-state index in [1.54, 1.807) is 0 Å². The van der Waals surface area contributed by atoms with Crippen LogP contribution in [0.2, 0.25) is 0 Å². The molecule has 2 fully saturated rings. The molecule has 0 aliphatic carbocycles. The molecular formula is C22H29N3O3. The van der Waals surface area contributed by atoms with E-state index < -0.39 is 0 Å². The van der Waals surface area contributed by atoms with E-state index in [0.29, 0.717) is 37.6 Å². The van der Waals surface area contributed by atoms with Crippen LogP contribution in [-0.4, -0.2) is 79.0 Å². The van der Waals surface area contributed by atoms with Crippen LogP contribution in [-0.2, 0) is 14.3 Å². The van der Waals surface area contributed by atoms with Crippen LogP contribution in [0, 0.1) is 13.8 Å². The Morgan fingerprint density at radius 1 is 0.893 bits per heavy atom. The molecule has 3 aliphatic rings. The minimum atomic E-state index is -0.150. The molecule has 0 aromatic heterocycles. The zero-order chi connectivity index (χ0) is 19.7. The van der Waals surface area contributed by atoms with Gasteiger partial charge in [0.15, 0.2) is 0 Å². The Morgan fingerprint density at radius 2 is 1.61 bits per heavy atom. The van der Waals surface area contributed by atoms with Gasteiger partial charge in [-0.25, -0.2) is 0 Å². The van der Waals surface area contributed by atoms with Gasteiger partial charge in [-0.2, -0.15) is 0 Å². The van der Waals surface area contributed by atoms with Crippen molar-refractivity contribution in [2.24, 2.45) is 0 Å². The molecule has 6 heteroatoms. The van der Waals surface area contributed by atoms with Crippen molar-refractivity contribution in [2.45, 2.75) is 26.7 Å². The number of likely N-dealkylation sites (tertiary alicyclic amines) is 1. The first-order valence-corrected chi connectivity index (χ1v) is 10.3. The van der Waals surface area contributed by atoms with Crippen molar-refractivity contribution in [1.82, 2.24) is 14.7 Å². The van der Waals surface area contributed by atoms with E-state index in [1.165, 1.54) is 10.5 Å². The van der Waals surface area contributed by atoms with Gasteiger partial charge in [-0.1, -0.05) is 18.2 Å². The fourth-order valence-electron chi connectivity index (χ4n) is 4.22. The second-order valence-corrected chi connectivity index (χ2v) is 7.93. The van der Waals surface area contributed by atoms with Gasteiger partial charge in [-0.05, 0) is 43.4 Å². The van der Waals surface area contributed by atoms with E-state index in [0.717, 1.165) is 50.1 Å². The van der Waals surface area contributed by atoms with E-state index in [2.05, 4.69) is 16.7 Å². The predicted octanol–water partition coefficient (Wildman–Crippen LogP) is 1.81. The molecule has 0 radical (unpaired) electrons. The Morgan fingerprint density at radius 3 is 2.29 bits per heavy atom. The molecule has 3 heterocycles. The Kier molecular flexibility index (Phi) is 5.51. The minimum Gasteiger partial charge on any atom is -0.379 e. The topological polar surface area (TPSA) is 53.1 Å². The van der Waals surface area contributed by atoms with Crippen molar-refractivity contribution >= 4 is 17.4 Å². The zero-order valence-corrected chi connectivity index (χ0v) is 16.9. The lowest BCUT2D eigenvalue weighted by atomic mass is 9.99. The molecule has 1 aromatic rings. The van der Waals surface area contributed by atoms with Crippen LogP contribution in [0.5, 0.6) is 0 Å². The highest BCUT2D eigenvalue weighted by Gasteiger charge is 2.42. The predicted molar refractivity (Wildman–Crippen MR) is 108 cm³/mol. The van der Waals surface area contributed by atoms with Crippen molar-refractivity contribution in [1.29, 1.82) is 0 Å². The third-order valence-corrected chi connectivity index (χ3v) is 6.10. The largest absolute Gasteiger partial charge is 0.379 e. The molecule has 6 nitrogen and oxygen atoms in total. The molecule has 150 valence electrons.